The summed E-state index contributed by atoms with van der Waals surface area (Å²) in [7, 11) is 1.33. The summed E-state index contributed by atoms with van der Waals surface area (Å²) in [5.41, 5.74) is -0.546. The summed E-state index contributed by atoms with van der Waals surface area (Å²) in [6.07, 6.45) is -3.28. The number of halogens is 2. The van der Waals surface area contributed by atoms with Crippen LogP contribution in [-0.2, 0) is 11.2 Å². The largest absolute Gasteiger partial charge is 0.481 e. The fraction of sp³-hybridized carbons (Fsp3) is 0.333. The molecule has 4 nitrogen and oxygen atoms in total. The number of methoxy groups -OCH3 is 1. The van der Waals surface area contributed by atoms with Crippen molar-refractivity contribution in [2.45, 2.75) is 12.8 Å². The molecule has 0 amide bonds. The normalized spacial score (nSPS) is 10.4. The lowest BCUT2D eigenvalue weighted by Crippen LogP contribution is -2.07. The Kier molecular flexibility index (Phi) is 3.54. The number of carbonyl (C=O) groups is 1. The Labute approximate surface area is 84.5 Å². The van der Waals surface area contributed by atoms with Gasteiger partial charge in [0.25, 0.3) is 6.43 Å². The molecule has 1 aromatic heterocycles. The molecular weight excluding hydrogens is 208 g/mol. The lowest BCUT2D eigenvalue weighted by molar-refractivity contribution is -0.136. The smallest absolute Gasteiger partial charge is 0.309 e. The number of nitrogens with zero attached hydrogens (tertiary/aromatic N) is 1. The van der Waals surface area contributed by atoms with Gasteiger partial charge in [0.15, 0.2) is 0 Å². The molecule has 0 fully saturated rings. The average molecular weight is 217 g/mol. The summed E-state index contributed by atoms with van der Waals surface area (Å²) in [4.78, 5) is 14.1. The number of rotatable bonds is 4. The van der Waals surface area contributed by atoms with Crippen LogP contribution in [0.2, 0.25) is 0 Å². The van der Waals surface area contributed by atoms with E-state index in [0.29, 0.717) is 0 Å². The zero-order chi connectivity index (χ0) is 11.4. The fourth-order valence-corrected chi connectivity index (χ4v) is 1.09. The Balaban J connectivity index is 3.10. The van der Waals surface area contributed by atoms with Gasteiger partial charge in [-0.1, -0.05) is 0 Å². The van der Waals surface area contributed by atoms with Crippen molar-refractivity contribution in [2.24, 2.45) is 0 Å². The number of hydrogen-bond donors (Lipinski definition) is 1. The van der Waals surface area contributed by atoms with Crippen LogP contribution in [-0.4, -0.2) is 23.2 Å². The number of pyridine rings is 1. The van der Waals surface area contributed by atoms with Gasteiger partial charge in [0.1, 0.15) is 0 Å². The maximum Gasteiger partial charge on any atom is 0.309 e. The van der Waals surface area contributed by atoms with Crippen LogP contribution in [0.3, 0.4) is 0 Å². The van der Waals surface area contributed by atoms with Crippen LogP contribution in [0.1, 0.15) is 17.7 Å². The molecule has 1 heterocycles. The standard InChI is InChI=1S/C9H9F2NO3/c1-15-7-3-2-5(9(10)11)6(12-7)4-8(13)14/h2-3,9H,4H2,1H3,(H,13,14). The third-order valence-electron chi connectivity index (χ3n) is 1.75. The quantitative estimate of drug-likeness (QED) is 0.833. The number of ether oxygens (including phenoxy) is 1. The van der Waals surface area contributed by atoms with Crippen LogP contribution in [0, 0.1) is 0 Å². The molecule has 0 bridgehead atoms. The van der Waals surface area contributed by atoms with Gasteiger partial charge >= 0.3 is 5.97 Å². The van der Waals surface area contributed by atoms with Crippen LogP contribution in [0.15, 0.2) is 12.1 Å². The first-order valence-corrected chi connectivity index (χ1v) is 4.08. The highest BCUT2D eigenvalue weighted by Crippen LogP contribution is 2.24. The molecule has 0 aliphatic rings. The van der Waals surface area contributed by atoms with E-state index in [1.54, 1.807) is 0 Å². The van der Waals surface area contributed by atoms with Gasteiger partial charge in [-0.3, -0.25) is 4.79 Å². The Bertz CT molecular complexity index is 368. The minimum absolute atomic E-state index is 0.121. The molecule has 0 spiro atoms. The highest BCUT2D eigenvalue weighted by atomic mass is 19.3. The third-order valence-corrected chi connectivity index (χ3v) is 1.75. The van der Waals surface area contributed by atoms with E-state index in [1.807, 2.05) is 0 Å². The Morgan fingerprint density at radius 1 is 1.60 bits per heavy atom. The van der Waals surface area contributed by atoms with Crippen molar-refractivity contribution in [1.29, 1.82) is 0 Å². The maximum absolute atomic E-state index is 12.4. The molecule has 82 valence electrons. The van der Waals surface area contributed by atoms with Gasteiger partial charge in [0, 0.05) is 11.6 Å². The summed E-state index contributed by atoms with van der Waals surface area (Å²) in [6.45, 7) is 0. The van der Waals surface area contributed by atoms with E-state index in [0.717, 1.165) is 6.07 Å². The molecule has 0 aromatic carbocycles. The van der Waals surface area contributed by atoms with E-state index in [2.05, 4.69) is 4.98 Å². The van der Waals surface area contributed by atoms with Crippen molar-refractivity contribution >= 4 is 5.97 Å². The van der Waals surface area contributed by atoms with Crippen LogP contribution in [0.25, 0.3) is 0 Å². The van der Waals surface area contributed by atoms with Crippen molar-refractivity contribution in [3.05, 3.63) is 23.4 Å². The van der Waals surface area contributed by atoms with E-state index < -0.39 is 18.8 Å². The first-order valence-electron chi connectivity index (χ1n) is 4.08. The molecule has 0 saturated carbocycles. The second-order valence-corrected chi connectivity index (χ2v) is 2.76. The molecule has 0 radical (unpaired) electrons. The number of hydrogen-bond acceptors (Lipinski definition) is 3. The average Bonchev–Trinajstić information content (AvgIpc) is 2.16. The number of alkyl halides is 2. The van der Waals surface area contributed by atoms with Crippen molar-refractivity contribution in [3.8, 4) is 5.88 Å². The van der Waals surface area contributed by atoms with Crippen LogP contribution < -0.4 is 4.74 Å². The van der Waals surface area contributed by atoms with Gasteiger partial charge in [0.05, 0.1) is 19.2 Å². The molecule has 15 heavy (non-hydrogen) atoms. The van der Waals surface area contributed by atoms with Crippen LogP contribution >= 0.6 is 0 Å². The minimum Gasteiger partial charge on any atom is -0.481 e. The molecular formula is C9H9F2NO3. The Hall–Kier alpha value is -1.72. The van der Waals surface area contributed by atoms with E-state index >= 15 is 0 Å². The second-order valence-electron chi connectivity index (χ2n) is 2.76. The molecule has 0 atom stereocenters. The summed E-state index contributed by atoms with van der Waals surface area (Å²) >= 11 is 0. The predicted octanol–water partition coefficient (Wildman–Crippen LogP) is 1.65. The van der Waals surface area contributed by atoms with Crippen LogP contribution in [0.4, 0.5) is 8.78 Å². The first kappa shape index (κ1) is 11.4. The topological polar surface area (TPSA) is 59.4 Å². The molecule has 6 heteroatoms. The van der Waals surface area contributed by atoms with Crippen molar-refractivity contribution in [3.63, 3.8) is 0 Å². The van der Waals surface area contributed by atoms with Gasteiger partial charge in [-0.05, 0) is 6.07 Å². The number of aliphatic carboxylic acids is 1. The van der Waals surface area contributed by atoms with E-state index in [-0.39, 0.29) is 17.1 Å². The molecule has 1 rings (SSSR count). The lowest BCUT2D eigenvalue weighted by atomic mass is 10.1. The highest BCUT2D eigenvalue weighted by Gasteiger charge is 2.17. The number of carboxylic acid groups (broad SMARTS) is 1. The van der Waals surface area contributed by atoms with Gasteiger partial charge in [-0.25, -0.2) is 13.8 Å². The lowest BCUT2D eigenvalue weighted by Gasteiger charge is -2.07. The monoisotopic (exact) mass is 217 g/mol. The molecule has 0 aliphatic carbocycles. The molecule has 1 aromatic rings. The van der Waals surface area contributed by atoms with Gasteiger partial charge in [-0.2, -0.15) is 0 Å². The highest BCUT2D eigenvalue weighted by molar-refractivity contribution is 5.70. The SMILES string of the molecule is COc1ccc(C(F)F)c(CC(=O)O)n1. The predicted molar refractivity (Wildman–Crippen MR) is 47.1 cm³/mol. The van der Waals surface area contributed by atoms with Crippen LogP contribution in [0.5, 0.6) is 5.88 Å². The molecule has 0 unspecified atom stereocenters. The minimum atomic E-state index is -2.74. The third kappa shape index (κ3) is 2.87. The first-order chi connectivity index (χ1) is 7.04. The maximum atomic E-state index is 12.4. The summed E-state index contributed by atoms with van der Waals surface area (Å²) in [5.74, 6) is -1.09. The van der Waals surface area contributed by atoms with E-state index in [1.165, 1.54) is 13.2 Å². The van der Waals surface area contributed by atoms with Crippen molar-refractivity contribution < 1.29 is 23.4 Å². The summed E-state index contributed by atoms with van der Waals surface area (Å²) in [5, 5.41) is 8.51. The summed E-state index contributed by atoms with van der Waals surface area (Å²) in [6, 6.07) is 2.39. The second kappa shape index (κ2) is 4.68. The van der Waals surface area contributed by atoms with Crippen molar-refractivity contribution in [1.82, 2.24) is 4.98 Å². The summed E-state index contributed by atoms with van der Waals surface area (Å²) < 4.78 is 29.6. The van der Waals surface area contributed by atoms with Gasteiger partial charge in [-0.15, -0.1) is 0 Å². The molecule has 0 saturated heterocycles. The Morgan fingerprint density at radius 2 is 2.27 bits per heavy atom. The van der Waals surface area contributed by atoms with E-state index in [9.17, 15) is 13.6 Å². The fourth-order valence-electron chi connectivity index (χ4n) is 1.09. The van der Waals surface area contributed by atoms with Gasteiger partial charge < -0.3 is 9.84 Å². The van der Waals surface area contributed by atoms with E-state index in [4.69, 9.17) is 9.84 Å². The number of aromatic nitrogens is 1. The van der Waals surface area contributed by atoms with Crippen molar-refractivity contribution in [2.75, 3.05) is 7.11 Å². The molecule has 1 N–H and O–H groups in total. The zero-order valence-corrected chi connectivity index (χ0v) is 7.91. The molecule has 0 aliphatic heterocycles. The zero-order valence-electron chi connectivity index (χ0n) is 7.91. The number of carboxylic acids is 1. The van der Waals surface area contributed by atoms with Gasteiger partial charge in [0.2, 0.25) is 5.88 Å². The Morgan fingerprint density at radius 3 is 2.73 bits per heavy atom.